The highest BCUT2D eigenvalue weighted by Crippen LogP contribution is 2.61. The third-order valence-corrected chi connectivity index (χ3v) is 8.58. The summed E-state index contributed by atoms with van der Waals surface area (Å²) in [5.74, 6) is 1.03. The largest absolute Gasteiger partial charge is 0.490 e. The lowest BCUT2D eigenvalue weighted by Crippen LogP contribution is -2.63. The molecule has 0 unspecified atom stereocenters. The molecule has 4 saturated carbocycles. The first-order valence-corrected chi connectivity index (χ1v) is 13.4. The monoisotopic (exact) mass is 515 g/mol. The molecule has 4 bridgehead atoms. The summed E-state index contributed by atoms with van der Waals surface area (Å²) in [5.41, 5.74) is 0.336. The van der Waals surface area contributed by atoms with Crippen molar-refractivity contribution in [1.82, 2.24) is 9.78 Å². The van der Waals surface area contributed by atoms with Gasteiger partial charge in [-0.2, -0.15) is 5.10 Å². The predicted molar refractivity (Wildman–Crippen MR) is 137 cm³/mol. The number of carbonyl (C=O) groups is 1. The SMILES string of the molecule is CCOc1ccc(CCNc2cnn(C34C[C@@H]5CC(C[C@H](C5)C3)[C@@H]4C(=O)O)c(=O)c2Cl)cc1OCC. The molecule has 1 aromatic carbocycles. The molecule has 194 valence electrons. The van der Waals surface area contributed by atoms with Crippen molar-refractivity contribution >= 4 is 23.3 Å². The normalized spacial score (nSPS) is 28.2. The van der Waals surface area contributed by atoms with Gasteiger partial charge in [0.25, 0.3) is 5.56 Å². The third kappa shape index (κ3) is 4.33. The number of carboxylic acids is 1. The van der Waals surface area contributed by atoms with E-state index in [1.165, 1.54) is 4.68 Å². The molecule has 8 nitrogen and oxygen atoms in total. The number of aliphatic carboxylic acids is 1. The molecule has 4 aliphatic carbocycles. The van der Waals surface area contributed by atoms with E-state index in [-0.39, 0.29) is 10.9 Å². The summed E-state index contributed by atoms with van der Waals surface area (Å²) in [7, 11) is 0. The van der Waals surface area contributed by atoms with E-state index in [0.717, 1.165) is 30.6 Å². The predicted octanol–water partition coefficient (Wildman–Crippen LogP) is 4.58. The van der Waals surface area contributed by atoms with E-state index in [1.807, 2.05) is 32.0 Å². The van der Waals surface area contributed by atoms with Crippen molar-refractivity contribution in [2.75, 3.05) is 25.1 Å². The summed E-state index contributed by atoms with van der Waals surface area (Å²) >= 11 is 6.55. The van der Waals surface area contributed by atoms with E-state index >= 15 is 0 Å². The Bertz CT molecular complexity index is 1180. The standard InChI is InChI=1S/C27H34ClN3O5/c1-3-35-21-6-5-16(12-22(21)36-4-2)7-8-29-20-15-30-31(25(32)24(20)28)27-13-17-9-18(14-27)11-19(10-17)23(27)26(33)34/h5-6,12,15,17-19,23,29H,3-4,7-11,13-14H2,1-2H3,(H,33,34)/t17-,18-,19?,23+,27?/m0/s1. The van der Waals surface area contributed by atoms with Crippen LogP contribution in [0.3, 0.4) is 0 Å². The van der Waals surface area contributed by atoms with Crippen LogP contribution in [0.2, 0.25) is 5.02 Å². The van der Waals surface area contributed by atoms with Gasteiger partial charge in [-0.3, -0.25) is 9.59 Å². The van der Waals surface area contributed by atoms with Gasteiger partial charge in [-0.05, 0) is 87.8 Å². The molecule has 2 N–H and O–H groups in total. The van der Waals surface area contributed by atoms with Gasteiger partial charge in [0.05, 0.1) is 36.6 Å². The lowest BCUT2D eigenvalue weighted by Gasteiger charge is -2.59. The number of nitrogens with zero attached hydrogens (tertiary/aromatic N) is 2. The number of halogens is 1. The summed E-state index contributed by atoms with van der Waals surface area (Å²) in [6, 6.07) is 5.86. The minimum Gasteiger partial charge on any atom is -0.490 e. The Hall–Kier alpha value is -2.74. The summed E-state index contributed by atoms with van der Waals surface area (Å²) in [4.78, 5) is 25.8. The third-order valence-electron chi connectivity index (χ3n) is 8.22. The van der Waals surface area contributed by atoms with Gasteiger partial charge >= 0.3 is 5.97 Å². The van der Waals surface area contributed by atoms with Crippen LogP contribution in [0.25, 0.3) is 0 Å². The number of rotatable bonds is 10. The van der Waals surface area contributed by atoms with Crippen molar-refractivity contribution in [2.24, 2.45) is 23.7 Å². The molecule has 6 rings (SSSR count). The molecule has 0 aliphatic heterocycles. The van der Waals surface area contributed by atoms with Crippen LogP contribution in [-0.2, 0) is 16.8 Å². The molecule has 0 saturated heterocycles. The first-order valence-electron chi connectivity index (χ1n) is 13.0. The lowest BCUT2D eigenvalue weighted by molar-refractivity contribution is -0.168. The fourth-order valence-corrected chi connectivity index (χ4v) is 7.40. The number of aromatic nitrogens is 2. The van der Waals surface area contributed by atoms with Crippen LogP contribution in [0.1, 0.15) is 51.5 Å². The van der Waals surface area contributed by atoms with Crippen molar-refractivity contribution in [3.8, 4) is 11.5 Å². The Morgan fingerprint density at radius 2 is 1.86 bits per heavy atom. The zero-order valence-electron chi connectivity index (χ0n) is 20.8. The maximum absolute atomic E-state index is 13.4. The first-order chi connectivity index (χ1) is 17.4. The minimum atomic E-state index is -0.826. The van der Waals surface area contributed by atoms with E-state index in [9.17, 15) is 14.7 Å². The van der Waals surface area contributed by atoms with Crippen molar-refractivity contribution in [3.05, 3.63) is 45.3 Å². The van der Waals surface area contributed by atoms with Gasteiger partial charge in [0.1, 0.15) is 5.02 Å². The average Bonchev–Trinajstić information content (AvgIpc) is 2.82. The molecule has 9 heteroatoms. The van der Waals surface area contributed by atoms with Crippen molar-refractivity contribution in [3.63, 3.8) is 0 Å². The number of benzene rings is 1. The summed E-state index contributed by atoms with van der Waals surface area (Å²) < 4.78 is 12.8. The Balaban J connectivity index is 1.33. The van der Waals surface area contributed by atoms with E-state index < -0.39 is 23.0 Å². The second-order valence-electron chi connectivity index (χ2n) is 10.4. The summed E-state index contributed by atoms with van der Waals surface area (Å²) in [5, 5.41) is 17.9. The van der Waals surface area contributed by atoms with Gasteiger partial charge in [-0.1, -0.05) is 17.7 Å². The number of hydrogen-bond donors (Lipinski definition) is 2. The average molecular weight is 516 g/mol. The zero-order valence-corrected chi connectivity index (χ0v) is 21.6. The van der Waals surface area contributed by atoms with E-state index in [1.54, 1.807) is 6.20 Å². The summed E-state index contributed by atoms with van der Waals surface area (Å²) in [6.45, 7) is 5.52. The number of nitrogens with one attached hydrogen (secondary N) is 1. The second kappa shape index (κ2) is 9.96. The Labute approximate surface area is 215 Å². The van der Waals surface area contributed by atoms with Gasteiger partial charge in [-0.15, -0.1) is 0 Å². The van der Waals surface area contributed by atoms with Gasteiger partial charge < -0.3 is 19.9 Å². The van der Waals surface area contributed by atoms with Crippen molar-refractivity contribution in [1.29, 1.82) is 0 Å². The molecular weight excluding hydrogens is 482 g/mol. The number of hydrogen-bond acceptors (Lipinski definition) is 6. The van der Waals surface area contributed by atoms with Crippen LogP contribution in [0, 0.1) is 23.7 Å². The molecule has 0 radical (unpaired) electrons. The summed E-state index contributed by atoms with van der Waals surface area (Å²) in [6.07, 6.45) is 6.64. The maximum atomic E-state index is 13.4. The topological polar surface area (TPSA) is 103 Å². The fourth-order valence-electron chi connectivity index (χ4n) is 7.20. The maximum Gasteiger partial charge on any atom is 0.309 e. The highest BCUT2D eigenvalue weighted by atomic mass is 35.5. The molecule has 36 heavy (non-hydrogen) atoms. The van der Waals surface area contributed by atoms with Crippen LogP contribution < -0.4 is 20.3 Å². The van der Waals surface area contributed by atoms with Crippen molar-refractivity contribution in [2.45, 2.75) is 57.9 Å². The first kappa shape index (κ1) is 24.9. The zero-order chi connectivity index (χ0) is 25.4. The lowest BCUT2D eigenvalue weighted by atomic mass is 9.48. The molecule has 1 aromatic heterocycles. The Kier molecular flexibility index (Phi) is 6.90. The van der Waals surface area contributed by atoms with E-state index in [0.29, 0.717) is 62.3 Å². The molecular formula is C27H34ClN3O5. The molecule has 0 amide bonds. The molecule has 3 atom stereocenters. The molecule has 4 fully saturated rings. The molecule has 0 spiro atoms. The smallest absolute Gasteiger partial charge is 0.309 e. The van der Waals surface area contributed by atoms with Gasteiger partial charge in [0.15, 0.2) is 11.5 Å². The Morgan fingerprint density at radius 3 is 2.53 bits per heavy atom. The van der Waals surface area contributed by atoms with Crippen LogP contribution in [0.4, 0.5) is 5.69 Å². The highest BCUT2D eigenvalue weighted by Gasteiger charge is 2.61. The molecule has 2 aromatic rings. The van der Waals surface area contributed by atoms with Gasteiger partial charge in [0, 0.05) is 6.54 Å². The molecule has 1 heterocycles. The van der Waals surface area contributed by atoms with Crippen LogP contribution in [0.15, 0.2) is 29.2 Å². The van der Waals surface area contributed by atoms with Gasteiger partial charge in [-0.25, -0.2) is 4.68 Å². The van der Waals surface area contributed by atoms with Crippen LogP contribution in [-0.4, -0.2) is 40.6 Å². The van der Waals surface area contributed by atoms with Crippen LogP contribution >= 0.6 is 11.6 Å². The minimum absolute atomic E-state index is 0.0617. The Morgan fingerprint density at radius 1 is 1.17 bits per heavy atom. The van der Waals surface area contributed by atoms with Gasteiger partial charge in [0.2, 0.25) is 0 Å². The molecule has 4 aliphatic rings. The highest BCUT2D eigenvalue weighted by molar-refractivity contribution is 6.32. The van der Waals surface area contributed by atoms with E-state index in [4.69, 9.17) is 21.1 Å². The van der Waals surface area contributed by atoms with E-state index in [2.05, 4.69) is 10.4 Å². The number of carboxylic acid groups (broad SMARTS) is 1. The fraction of sp³-hybridized carbons (Fsp3) is 0.593. The number of anilines is 1. The van der Waals surface area contributed by atoms with Crippen LogP contribution in [0.5, 0.6) is 11.5 Å². The quantitative estimate of drug-likeness (QED) is 0.477. The second-order valence-corrected chi connectivity index (χ2v) is 10.8. The van der Waals surface area contributed by atoms with Crippen molar-refractivity contribution < 1.29 is 19.4 Å². The number of ether oxygens (including phenoxy) is 2.